The van der Waals surface area contributed by atoms with E-state index in [1.807, 2.05) is 13.0 Å². The smallest absolute Gasteiger partial charge is 0.258 e. The van der Waals surface area contributed by atoms with Gasteiger partial charge in [0.2, 0.25) is 0 Å². The summed E-state index contributed by atoms with van der Waals surface area (Å²) in [5.74, 6) is 0. The quantitative estimate of drug-likeness (QED) is 0.401. The Morgan fingerprint density at radius 3 is 2.31 bits per heavy atom. The Balaban J connectivity index is 5.45. The van der Waals surface area contributed by atoms with Crippen LogP contribution in [0.2, 0.25) is 0 Å². The van der Waals surface area contributed by atoms with Crippen molar-refractivity contribution in [2.45, 2.75) is 20.8 Å². The lowest BCUT2D eigenvalue weighted by atomic mass is 10.0. The van der Waals surface area contributed by atoms with Crippen molar-refractivity contribution in [2.75, 3.05) is 0 Å². The molecule has 3 heteroatoms. The monoisotopic (exact) mass is 219 g/mol. The highest BCUT2D eigenvalue weighted by atomic mass is 16.6. The molecule has 0 fully saturated rings. The van der Waals surface area contributed by atoms with Gasteiger partial charge in [0.25, 0.3) is 5.70 Å². The second-order valence-corrected chi connectivity index (χ2v) is 3.11. The Morgan fingerprint density at radius 1 is 1.31 bits per heavy atom. The zero-order chi connectivity index (χ0) is 12.6. The fourth-order valence-corrected chi connectivity index (χ4v) is 1.24. The molecule has 0 rings (SSSR count). The van der Waals surface area contributed by atoms with E-state index in [0.29, 0.717) is 5.57 Å². The maximum Gasteiger partial charge on any atom is 0.272 e. The van der Waals surface area contributed by atoms with E-state index in [9.17, 15) is 10.1 Å². The maximum absolute atomic E-state index is 10.9. The van der Waals surface area contributed by atoms with Crippen molar-refractivity contribution in [3.8, 4) is 0 Å². The zero-order valence-corrected chi connectivity index (χ0v) is 9.93. The van der Waals surface area contributed by atoms with Gasteiger partial charge in [0.05, 0.1) is 4.92 Å². The van der Waals surface area contributed by atoms with Gasteiger partial charge in [-0.25, -0.2) is 0 Å². The average molecular weight is 219 g/mol. The summed E-state index contributed by atoms with van der Waals surface area (Å²) in [6.07, 6.45) is 10.2. The molecule has 0 aromatic carbocycles. The summed E-state index contributed by atoms with van der Waals surface area (Å²) in [7, 11) is 0. The Labute approximate surface area is 96.3 Å². The van der Waals surface area contributed by atoms with Crippen LogP contribution in [-0.4, -0.2) is 4.92 Å². The fourth-order valence-electron chi connectivity index (χ4n) is 1.24. The van der Waals surface area contributed by atoms with Crippen LogP contribution in [0.15, 0.2) is 59.9 Å². The Kier molecular flexibility index (Phi) is 6.52. The SMILES string of the molecule is C=C\C=C/C(=C\C)C(/C)=C(/C=C\C)[N+](=O)[O-]. The molecule has 0 amide bonds. The van der Waals surface area contributed by atoms with Gasteiger partial charge in [-0.1, -0.05) is 37.0 Å². The molecule has 3 nitrogen and oxygen atoms in total. The summed E-state index contributed by atoms with van der Waals surface area (Å²) < 4.78 is 0. The van der Waals surface area contributed by atoms with Crippen LogP contribution in [0.3, 0.4) is 0 Å². The molecule has 0 heterocycles. The zero-order valence-electron chi connectivity index (χ0n) is 9.93. The Morgan fingerprint density at radius 2 is 1.94 bits per heavy atom. The van der Waals surface area contributed by atoms with Gasteiger partial charge in [0.15, 0.2) is 0 Å². The number of nitrogens with zero attached hydrogens (tertiary/aromatic N) is 1. The van der Waals surface area contributed by atoms with Crippen LogP contribution in [0.1, 0.15) is 20.8 Å². The molecule has 0 aliphatic carbocycles. The molecule has 0 radical (unpaired) electrons. The van der Waals surface area contributed by atoms with Crippen molar-refractivity contribution >= 4 is 0 Å². The van der Waals surface area contributed by atoms with Crippen molar-refractivity contribution in [3.05, 3.63) is 70.0 Å². The standard InChI is InChI=1S/C13H17NO2/c1-5-8-10-12(7-3)11(4)13(9-6-2)14(15)16/h5-10H,1H2,2-4H3/b9-6-,10-8-,12-7+,13-11-. The van der Waals surface area contributed by atoms with E-state index in [0.717, 1.165) is 5.57 Å². The third-order valence-electron chi connectivity index (χ3n) is 2.06. The summed E-state index contributed by atoms with van der Waals surface area (Å²) in [6.45, 7) is 8.90. The van der Waals surface area contributed by atoms with Crippen LogP contribution in [0, 0.1) is 10.1 Å². The highest BCUT2D eigenvalue weighted by Gasteiger charge is 2.12. The van der Waals surface area contributed by atoms with Crippen molar-refractivity contribution in [2.24, 2.45) is 0 Å². The summed E-state index contributed by atoms with van der Waals surface area (Å²) in [4.78, 5) is 10.5. The molecule has 0 aliphatic heterocycles. The predicted octanol–water partition coefficient (Wildman–Crippen LogP) is 3.80. The number of hydrogen-bond donors (Lipinski definition) is 0. The largest absolute Gasteiger partial charge is 0.272 e. The minimum atomic E-state index is -0.374. The molecule has 16 heavy (non-hydrogen) atoms. The fraction of sp³-hybridized carbons (Fsp3) is 0.231. The summed E-state index contributed by atoms with van der Waals surface area (Å²) in [6, 6.07) is 0. The average Bonchev–Trinajstić information content (AvgIpc) is 2.26. The van der Waals surface area contributed by atoms with Crippen LogP contribution < -0.4 is 0 Å². The van der Waals surface area contributed by atoms with Gasteiger partial charge in [0, 0.05) is 11.6 Å². The molecule has 0 saturated heterocycles. The molecule has 0 unspecified atom stereocenters. The first-order valence-corrected chi connectivity index (χ1v) is 5.02. The molecule has 0 N–H and O–H groups in total. The first kappa shape index (κ1) is 14.1. The Bertz CT molecular complexity index is 385. The molecule has 0 atom stereocenters. The third-order valence-corrected chi connectivity index (χ3v) is 2.06. The summed E-state index contributed by atoms with van der Waals surface area (Å²) in [5.41, 5.74) is 1.58. The first-order valence-electron chi connectivity index (χ1n) is 5.02. The number of hydrogen-bond acceptors (Lipinski definition) is 2. The highest BCUT2D eigenvalue weighted by Crippen LogP contribution is 2.17. The lowest BCUT2D eigenvalue weighted by molar-refractivity contribution is -0.420. The van der Waals surface area contributed by atoms with E-state index < -0.39 is 0 Å². The normalized spacial score (nSPS) is 14.3. The second kappa shape index (κ2) is 7.40. The first-order chi connectivity index (χ1) is 7.58. The lowest BCUT2D eigenvalue weighted by Crippen LogP contribution is -2.00. The molecule has 0 aliphatic rings. The van der Waals surface area contributed by atoms with Crippen LogP contribution >= 0.6 is 0 Å². The van der Waals surface area contributed by atoms with Crippen molar-refractivity contribution in [1.29, 1.82) is 0 Å². The second-order valence-electron chi connectivity index (χ2n) is 3.11. The lowest BCUT2D eigenvalue weighted by Gasteiger charge is -2.02. The number of allylic oxidation sites excluding steroid dienone is 8. The van der Waals surface area contributed by atoms with Gasteiger partial charge in [-0.15, -0.1) is 0 Å². The van der Waals surface area contributed by atoms with E-state index in [2.05, 4.69) is 6.58 Å². The molecule has 0 aromatic heterocycles. The predicted molar refractivity (Wildman–Crippen MR) is 67.6 cm³/mol. The highest BCUT2D eigenvalue weighted by molar-refractivity contribution is 5.42. The van der Waals surface area contributed by atoms with Gasteiger partial charge >= 0.3 is 0 Å². The van der Waals surface area contributed by atoms with Crippen molar-refractivity contribution in [1.82, 2.24) is 0 Å². The molecule has 0 spiro atoms. The Hall–Kier alpha value is -1.90. The van der Waals surface area contributed by atoms with E-state index in [4.69, 9.17) is 0 Å². The van der Waals surface area contributed by atoms with E-state index in [1.165, 1.54) is 6.08 Å². The minimum absolute atomic E-state index is 0.115. The van der Waals surface area contributed by atoms with Crippen LogP contribution in [0.25, 0.3) is 0 Å². The number of rotatable bonds is 5. The van der Waals surface area contributed by atoms with Gasteiger partial charge in [-0.3, -0.25) is 10.1 Å². The van der Waals surface area contributed by atoms with E-state index >= 15 is 0 Å². The van der Waals surface area contributed by atoms with E-state index in [1.54, 1.807) is 38.2 Å². The molecule has 0 bridgehead atoms. The van der Waals surface area contributed by atoms with Crippen LogP contribution in [-0.2, 0) is 0 Å². The topological polar surface area (TPSA) is 43.1 Å². The summed E-state index contributed by atoms with van der Waals surface area (Å²) >= 11 is 0. The van der Waals surface area contributed by atoms with Gasteiger partial charge in [-0.2, -0.15) is 0 Å². The molecular formula is C13H17NO2. The minimum Gasteiger partial charge on any atom is -0.258 e. The van der Waals surface area contributed by atoms with Crippen molar-refractivity contribution < 1.29 is 4.92 Å². The van der Waals surface area contributed by atoms with Crippen molar-refractivity contribution in [3.63, 3.8) is 0 Å². The molecule has 0 aromatic rings. The summed E-state index contributed by atoms with van der Waals surface area (Å²) in [5, 5.41) is 10.9. The van der Waals surface area contributed by atoms with Gasteiger partial charge in [-0.05, 0) is 26.3 Å². The molecule has 86 valence electrons. The number of nitro groups is 1. The molecule has 0 saturated carbocycles. The maximum atomic E-state index is 10.9. The van der Waals surface area contributed by atoms with Crippen LogP contribution in [0.5, 0.6) is 0 Å². The third kappa shape index (κ3) is 4.09. The van der Waals surface area contributed by atoms with E-state index in [-0.39, 0.29) is 10.6 Å². The van der Waals surface area contributed by atoms with Crippen LogP contribution in [0.4, 0.5) is 0 Å². The van der Waals surface area contributed by atoms with Gasteiger partial charge in [0.1, 0.15) is 0 Å². The molecular weight excluding hydrogens is 202 g/mol. The van der Waals surface area contributed by atoms with Gasteiger partial charge < -0.3 is 0 Å².